The molecule has 14 aromatic carbocycles. The van der Waals surface area contributed by atoms with Crippen LogP contribution in [0, 0.1) is 0 Å². The number of para-hydroxylation sites is 1. The van der Waals surface area contributed by atoms with Crippen molar-refractivity contribution in [3.05, 3.63) is 431 Å². The largest absolute Gasteiger partial charge is 0.310 e. The Morgan fingerprint density at radius 2 is 0.382 bits per heavy atom. The molecule has 418 valence electrons. The highest BCUT2D eigenvalue weighted by molar-refractivity contribution is 5.94. The van der Waals surface area contributed by atoms with Crippen molar-refractivity contribution in [1.29, 1.82) is 0 Å². The van der Waals surface area contributed by atoms with Crippen LogP contribution >= 0.6 is 0 Å². The van der Waals surface area contributed by atoms with Gasteiger partial charge in [-0.15, -0.1) is 0 Å². The van der Waals surface area contributed by atoms with Crippen molar-refractivity contribution in [2.24, 2.45) is 0 Å². The molecular formula is C87H60N2. The number of anilines is 6. The summed E-state index contributed by atoms with van der Waals surface area (Å²) in [6.07, 6.45) is 0. The first-order chi connectivity index (χ1) is 44.2. The van der Waals surface area contributed by atoms with Gasteiger partial charge in [-0.1, -0.05) is 297 Å². The Morgan fingerprint density at radius 1 is 0.146 bits per heavy atom. The van der Waals surface area contributed by atoms with Crippen LogP contribution in [0.2, 0.25) is 0 Å². The molecule has 0 aliphatic heterocycles. The van der Waals surface area contributed by atoms with E-state index >= 15 is 0 Å². The van der Waals surface area contributed by atoms with Crippen molar-refractivity contribution in [3.8, 4) is 33.4 Å². The van der Waals surface area contributed by atoms with Gasteiger partial charge < -0.3 is 9.80 Å². The Labute approximate surface area is 521 Å². The molecule has 0 fully saturated rings. The van der Waals surface area contributed by atoms with Gasteiger partial charge in [0.05, 0.1) is 16.2 Å². The first-order valence-corrected chi connectivity index (χ1v) is 31.0. The van der Waals surface area contributed by atoms with E-state index in [0.29, 0.717) is 0 Å². The van der Waals surface area contributed by atoms with Crippen LogP contribution < -0.4 is 9.80 Å². The summed E-state index contributed by atoms with van der Waals surface area (Å²) in [6, 6.07) is 136. The molecule has 0 N–H and O–H groups in total. The molecular weight excluding hydrogens is 1070 g/mol. The van der Waals surface area contributed by atoms with Gasteiger partial charge in [0.25, 0.3) is 0 Å². The maximum Gasteiger partial charge on any atom is 0.0714 e. The third kappa shape index (κ3) is 7.76. The summed E-state index contributed by atoms with van der Waals surface area (Å²) in [7, 11) is 0. The zero-order valence-electron chi connectivity index (χ0n) is 49.0. The Balaban J connectivity index is 0.912. The average Bonchev–Trinajstić information content (AvgIpc) is 1.59. The molecule has 3 aliphatic rings. The lowest BCUT2D eigenvalue weighted by molar-refractivity contribution is 0.767. The van der Waals surface area contributed by atoms with Crippen molar-refractivity contribution in [2.75, 3.05) is 9.80 Å². The Kier molecular flexibility index (Phi) is 12.3. The molecule has 0 atom stereocenters. The van der Waals surface area contributed by atoms with Crippen molar-refractivity contribution >= 4 is 34.1 Å². The summed E-state index contributed by atoms with van der Waals surface area (Å²) >= 11 is 0. The van der Waals surface area contributed by atoms with E-state index in [0.717, 1.165) is 34.1 Å². The highest BCUT2D eigenvalue weighted by Gasteiger charge is 2.49. The number of hydrogen-bond acceptors (Lipinski definition) is 2. The molecule has 2 nitrogen and oxygen atoms in total. The molecule has 0 radical (unpaired) electrons. The molecule has 0 aromatic heterocycles. The summed E-state index contributed by atoms with van der Waals surface area (Å²) in [5.41, 5.74) is 27.0. The fourth-order valence-corrected chi connectivity index (χ4v) is 16.0. The monoisotopic (exact) mass is 1130 g/mol. The topological polar surface area (TPSA) is 6.48 Å². The molecule has 2 heteroatoms. The smallest absolute Gasteiger partial charge is 0.0714 e. The average molecular weight is 1130 g/mol. The second-order valence-corrected chi connectivity index (χ2v) is 23.8. The van der Waals surface area contributed by atoms with Gasteiger partial charge in [-0.2, -0.15) is 0 Å². The van der Waals surface area contributed by atoms with E-state index in [1.165, 1.54) is 100 Å². The standard InChI is InChI=1S/C87H60N2/c1-7-29-61(30-8-1)85(62-31-9-2-10-32-62)79-49-23-21-47-75(79)77-55-53-71(59-83(77)85)88(67-40-17-6-18-41-67)69-43-28-44-70(58-69)89(68-42-27-39-66(57-68)87(65-37-15-5-16-38-65)81-51-25-19-45-73(81)74-46-20-26-52-82(74)87)72-54-56-78-76-48-22-24-50-80(76)86(84(78)60-72,63-33-11-3-12-34-63)64-35-13-4-14-36-64/h1-60H. The van der Waals surface area contributed by atoms with Gasteiger partial charge in [0, 0.05) is 34.1 Å². The molecule has 89 heavy (non-hydrogen) atoms. The molecule has 0 bridgehead atoms. The Morgan fingerprint density at radius 3 is 0.742 bits per heavy atom. The fraction of sp³-hybridized carbons (Fsp3) is 0.0345. The maximum absolute atomic E-state index is 2.51. The molecule has 0 amide bonds. The third-order valence-electron chi connectivity index (χ3n) is 19.5. The number of rotatable bonds is 12. The van der Waals surface area contributed by atoms with Crippen molar-refractivity contribution in [2.45, 2.75) is 16.2 Å². The predicted molar refractivity (Wildman–Crippen MR) is 368 cm³/mol. The minimum absolute atomic E-state index is 0.574. The van der Waals surface area contributed by atoms with Crippen LogP contribution in [-0.2, 0) is 16.2 Å². The number of fused-ring (bicyclic) bond motifs is 9. The first kappa shape index (κ1) is 52.0. The second-order valence-electron chi connectivity index (χ2n) is 23.8. The van der Waals surface area contributed by atoms with E-state index in [-0.39, 0.29) is 0 Å². The van der Waals surface area contributed by atoms with Crippen LogP contribution in [-0.4, -0.2) is 0 Å². The molecule has 0 unspecified atom stereocenters. The van der Waals surface area contributed by atoms with Gasteiger partial charge >= 0.3 is 0 Å². The highest BCUT2D eigenvalue weighted by Crippen LogP contribution is 2.61. The minimum Gasteiger partial charge on any atom is -0.310 e. The van der Waals surface area contributed by atoms with E-state index < -0.39 is 16.2 Å². The fourth-order valence-electron chi connectivity index (χ4n) is 16.0. The van der Waals surface area contributed by atoms with Gasteiger partial charge in [-0.25, -0.2) is 0 Å². The number of hydrogen-bond donors (Lipinski definition) is 0. The maximum atomic E-state index is 2.51. The lowest BCUT2D eigenvalue weighted by Gasteiger charge is -2.36. The van der Waals surface area contributed by atoms with Crippen LogP contribution in [0.1, 0.15) is 66.8 Å². The lowest BCUT2D eigenvalue weighted by atomic mass is 9.67. The molecule has 0 saturated carbocycles. The predicted octanol–water partition coefficient (Wildman–Crippen LogP) is 21.7. The highest BCUT2D eigenvalue weighted by atomic mass is 15.2. The van der Waals surface area contributed by atoms with Crippen LogP contribution in [0.4, 0.5) is 34.1 Å². The third-order valence-corrected chi connectivity index (χ3v) is 19.5. The normalized spacial score (nSPS) is 13.9. The van der Waals surface area contributed by atoms with E-state index in [2.05, 4.69) is 374 Å². The van der Waals surface area contributed by atoms with E-state index in [4.69, 9.17) is 0 Å². The quantitative estimate of drug-likeness (QED) is 0.120. The SMILES string of the molecule is c1ccc(N(c2cccc(N(c3cccc(C4(c5ccccc5)c5ccccc5-c5ccccc54)c3)c3ccc4c(c3)C(c3ccccc3)(c3ccccc3)c3ccccc3-4)c2)c2ccc3c(c2)C(c2ccccc2)(c2ccccc2)c2ccccc2-3)cc1. The molecule has 0 saturated heterocycles. The van der Waals surface area contributed by atoms with Gasteiger partial charge in [0.1, 0.15) is 0 Å². The Bertz CT molecular complexity index is 4840. The van der Waals surface area contributed by atoms with Gasteiger partial charge in [-0.3, -0.25) is 0 Å². The van der Waals surface area contributed by atoms with Gasteiger partial charge in [0.2, 0.25) is 0 Å². The van der Waals surface area contributed by atoms with E-state index in [1.807, 2.05) is 0 Å². The molecule has 17 rings (SSSR count). The molecule has 0 heterocycles. The van der Waals surface area contributed by atoms with Crippen LogP contribution in [0.3, 0.4) is 0 Å². The van der Waals surface area contributed by atoms with E-state index in [9.17, 15) is 0 Å². The summed E-state index contributed by atoms with van der Waals surface area (Å²) in [5, 5.41) is 0. The van der Waals surface area contributed by atoms with Crippen molar-refractivity contribution in [3.63, 3.8) is 0 Å². The second kappa shape index (κ2) is 21.0. The summed E-state index contributed by atoms with van der Waals surface area (Å²) in [6.45, 7) is 0. The van der Waals surface area contributed by atoms with Crippen molar-refractivity contribution in [1.82, 2.24) is 0 Å². The van der Waals surface area contributed by atoms with Crippen LogP contribution in [0.5, 0.6) is 0 Å². The minimum atomic E-state index is -0.612. The molecule has 3 aliphatic carbocycles. The lowest BCUT2D eigenvalue weighted by Crippen LogP contribution is -2.29. The van der Waals surface area contributed by atoms with Gasteiger partial charge in [-0.05, 0) is 167 Å². The number of benzene rings is 14. The van der Waals surface area contributed by atoms with Crippen LogP contribution in [0.15, 0.2) is 364 Å². The summed E-state index contributed by atoms with van der Waals surface area (Å²) in [4.78, 5) is 4.97. The molecule has 0 spiro atoms. The zero-order chi connectivity index (χ0) is 58.9. The molecule has 14 aromatic rings. The first-order valence-electron chi connectivity index (χ1n) is 31.0. The Hall–Kier alpha value is -11.3. The van der Waals surface area contributed by atoms with Crippen molar-refractivity contribution < 1.29 is 0 Å². The van der Waals surface area contributed by atoms with Gasteiger partial charge in [0.15, 0.2) is 0 Å². The van der Waals surface area contributed by atoms with E-state index in [1.54, 1.807) is 0 Å². The summed E-state index contributed by atoms with van der Waals surface area (Å²) in [5.74, 6) is 0. The zero-order valence-corrected chi connectivity index (χ0v) is 49.0. The number of nitrogens with zero attached hydrogens (tertiary/aromatic N) is 2. The summed E-state index contributed by atoms with van der Waals surface area (Å²) < 4.78 is 0. The van der Waals surface area contributed by atoms with Crippen LogP contribution in [0.25, 0.3) is 33.4 Å².